The fourth-order valence-electron chi connectivity index (χ4n) is 1.80. The van der Waals surface area contributed by atoms with E-state index in [-0.39, 0.29) is 0 Å². The van der Waals surface area contributed by atoms with Crippen LogP contribution in [0.1, 0.15) is 0 Å². The highest BCUT2D eigenvalue weighted by Gasteiger charge is 2.00. The van der Waals surface area contributed by atoms with Crippen LogP contribution in [0, 0.1) is 0 Å². The summed E-state index contributed by atoms with van der Waals surface area (Å²) in [6.07, 6.45) is 0.715. The molecule has 0 aliphatic rings. The molecule has 18 heavy (non-hydrogen) atoms. The van der Waals surface area contributed by atoms with Crippen LogP contribution in [0.3, 0.4) is 0 Å². The average molecular weight is 263 g/mol. The second kappa shape index (κ2) is 4.80. The Hall–Kier alpha value is -1.85. The van der Waals surface area contributed by atoms with Gasteiger partial charge in [-0.25, -0.2) is 0 Å². The van der Waals surface area contributed by atoms with Gasteiger partial charge in [-0.15, -0.1) is 0 Å². The van der Waals surface area contributed by atoms with Gasteiger partial charge in [0.2, 0.25) is 0 Å². The first-order chi connectivity index (χ1) is 8.45. The Bertz CT molecular complexity index is 717. The summed E-state index contributed by atoms with van der Waals surface area (Å²) in [7, 11) is -3.67. The molecule has 3 rings (SSSR count). The van der Waals surface area contributed by atoms with E-state index in [0.717, 1.165) is 0 Å². The zero-order chi connectivity index (χ0) is 13.2. The maximum Gasteiger partial charge on any atom is 0.261 e. The number of fused-ring (bicyclic) bond motifs is 3. The minimum absolute atomic E-state index is 0.715. The molecule has 1 heterocycles. The summed E-state index contributed by atoms with van der Waals surface area (Å²) in [5.74, 6) is 0. The Morgan fingerprint density at radius 1 is 0.889 bits per heavy atom. The van der Waals surface area contributed by atoms with Crippen molar-refractivity contribution in [3.8, 4) is 0 Å². The van der Waals surface area contributed by atoms with E-state index in [9.17, 15) is 8.42 Å². The van der Waals surface area contributed by atoms with Gasteiger partial charge in [0.25, 0.3) is 10.1 Å². The summed E-state index contributed by atoms with van der Waals surface area (Å²) in [6.45, 7) is 0. The van der Waals surface area contributed by atoms with Gasteiger partial charge in [-0.3, -0.25) is 4.55 Å². The number of nitrogens with one attached hydrogen (secondary N) is 1. The second-order valence-electron chi connectivity index (χ2n) is 3.95. The molecule has 2 aromatic carbocycles. The van der Waals surface area contributed by atoms with Gasteiger partial charge in [0.1, 0.15) is 0 Å². The summed E-state index contributed by atoms with van der Waals surface area (Å²) in [4.78, 5) is 3.38. The molecule has 2 N–H and O–H groups in total. The number of para-hydroxylation sites is 2. The number of aromatic amines is 1. The Morgan fingerprint density at radius 2 is 1.22 bits per heavy atom. The van der Waals surface area contributed by atoms with Gasteiger partial charge in [-0.2, -0.15) is 8.42 Å². The zero-order valence-electron chi connectivity index (χ0n) is 9.79. The van der Waals surface area contributed by atoms with Crippen molar-refractivity contribution in [1.82, 2.24) is 4.98 Å². The van der Waals surface area contributed by atoms with Crippen LogP contribution >= 0.6 is 0 Å². The molecular formula is C13H13NO3S. The van der Waals surface area contributed by atoms with Gasteiger partial charge < -0.3 is 4.98 Å². The van der Waals surface area contributed by atoms with Crippen LogP contribution in [-0.4, -0.2) is 24.2 Å². The Labute approximate surface area is 105 Å². The van der Waals surface area contributed by atoms with Crippen molar-refractivity contribution < 1.29 is 13.0 Å². The van der Waals surface area contributed by atoms with E-state index in [1.54, 1.807) is 0 Å². The van der Waals surface area contributed by atoms with Gasteiger partial charge in [0.15, 0.2) is 0 Å². The fraction of sp³-hybridized carbons (Fsp3) is 0.0769. The molecule has 0 saturated carbocycles. The molecule has 94 valence electrons. The van der Waals surface area contributed by atoms with Crippen LogP contribution in [0.2, 0.25) is 0 Å². The summed E-state index contributed by atoms with van der Waals surface area (Å²) in [5, 5.41) is 2.61. The standard InChI is InChI=1S/C12H9N.CH4O3S/c1-3-7-11-9(5-1)10-6-2-4-8-12(10)13-11;1-5(2,3)4/h1-8,13H;1H3,(H,2,3,4). The monoisotopic (exact) mass is 263 g/mol. The molecule has 5 heteroatoms. The first kappa shape index (κ1) is 12.6. The van der Waals surface area contributed by atoms with E-state index in [1.165, 1.54) is 21.8 Å². The SMILES string of the molecule is CS(=O)(=O)O.c1ccc2c(c1)[nH]c1ccccc12. The van der Waals surface area contributed by atoms with Crippen molar-refractivity contribution in [3.05, 3.63) is 48.5 Å². The highest BCUT2D eigenvalue weighted by atomic mass is 32.2. The number of benzene rings is 2. The van der Waals surface area contributed by atoms with Crippen molar-refractivity contribution in [2.24, 2.45) is 0 Å². The molecule has 0 spiro atoms. The van der Waals surface area contributed by atoms with Crippen LogP contribution in [-0.2, 0) is 10.1 Å². The lowest BCUT2D eigenvalue weighted by Gasteiger charge is -1.87. The Morgan fingerprint density at radius 3 is 1.61 bits per heavy atom. The lowest BCUT2D eigenvalue weighted by molar-refractivity contribution is 0.490. The second-order valence-corrected chi connectivity index (χ2v) is 5.42. The van der Waals surface area contributed by atoms with Gasteiger partial charge in [0, 0.05) is 21.8 Å². The molecule has 0 unspecified atom stereocenters. The molecule has 0 aliphatic heterocycles. The van der Waals surface area contributed by atoms with Crippen LogP contribution in [0.15, 0.2) is 48.5 Å². The van der Waals surface area contributed by atoms with Crippen molar-refractivity contribution in [1.29, 1.82) is 0 Å². The molecule has 1 aromatic heterocycles. The molecule has 3 aromatic rings. The molecule has 4 nitrogen and oxygen atoms in total. The molecule has 0 bridgehead atoms. The zero-order valence-corrected chi connectivity index (χ0v) is 10.6. The highest BCUT2D eigenvalue weighted by Crippen LogP contribution is 2.24. The molecule has 0 amide bonds. The minimum Gasteiger partial charge on any atom is -0.355 e. The van der Waals surface area contributed by atoms with Crippen LogP contribution in [0.25, 0.3) is 21.8 Å². The molecule has 0 fully saturated rings. The van der Waals surface area contributed by atoms with Crippen LogP contribution < -0.4 is 0 Å². The van der Waals surface area contributed by atoms with Crippen molar-refractivity contribution in [2.75, 3.05) is 6.26 Å². The number of H-pyrrole nitrogens is 1. The third-order valence-corrected chi connectivity index (χ3v) is 2.41. The topological polar surface area (TPSA) is 70.2 Å². The maximum absolute atomic E-state index is 9.19. The molecular weight excluding hydrogens is 250 g/mol. The number of hydrogen-bond acceptors (Lipinski definition) is 2. The summed E-state index contributed by atoms with van der Waals surface area (Å²) in [6, 6.07) is 16.8. The largest absolute Gasteiger partial charge is 0.355 e. The van der Waals surface area contributed by atoms with E-state index in [2.05, 4.69) is 53.5 Å². The van der Waals surface area contributed by atoms with Crippen molar-refractivity contribution >= 4 is 31.9 Å². The predicted molar refractivity (Wildman–Crippen MR) is 73.3 cm³/mol. The predicted octanol–water partition coefficient (Wildman–Crippen LogP) is 2.83. The van der Waals surface area contributed by atoms with Crippen molar-refractivity contribution in [3.63, 3.8) is 0 Å². The fourth-order valence-corrected chi connectivity index (χ4v) is 1.80. The van der Waals surface area contributed by atoms with Crippen molar-refractivity contribution in [2.45, 2.75) is 0 Å². The quantitative estimate of drug-likeness (QED) is 0.613. The van der Waals surface area contributed by atoms with Crippen LogP contribution in [0.4, 0.5) is 0 Å². The third kappa shape index (κ3) is 3.09. The average Bonchev–Trinajstić information content (AvgIpc) is 2.65. The number of aromatic nitrogens is 1. The summed E-state index contributed by atoms with van der Waals surface area (Å²) < 4.78 is 25.9. The maximum atomic E-state index is 9.19. The van der Waals surface area contributed by atoms with Gasteiger partial charge in [-0.1, -0.05) is 36.4 Å². The van der Waals surface area contributed by atoms with E-state index < -0.39 is 10.1 Å². The van der Waals surface area contributed by atoms with Gasteiger partial charge in [0.05, 0.1) is 6.26 Å². The first-order valence-electron chi connectivity index (χ1n) is 5.33. The van der Waals surface area contributed by atoms with Gasteiger partial charge >= 0.3 is 0 Å². The third-order valence-electron chi connectivity index (χ3n) is 2.41. The lowest BCUT2D eigenvalue weighted by atomic mass is 10.2. The number of rotatable bonds is 0. The Balaban J connectivity index is 0.000000209. The summed E-state index contributed by atoms with van der Waals surface area (Å²) >= 11 is 0. The molecule has 0 atom stereocenters. The van der Waals surface area contributed by atoms with E-state index >= 15 is 0 Å². The first-order valence-corrected chi connectivity index (χ1v) is 7.18. The molecule has 0 saturated heterocycles. The lowest BCUT2D eigenvalue weighted by Crippen LogP contribution is -1.88. The smallest absolute Gasteiger partial charge is 0.261 e. The number of hydrogen-bond donors (Lipinski definition) is 2. The highest BCUT2D eigenvalue weighted by molar-refractivity contribution is 7.85. The summed E-state index contributed by atoms with van der Waals surface area (Å²) in [5.41, 5.74) is 2.42. The minimum atomic E-state index is -3.67. The normalized spacial score (nSPS) is 11.2. The molecule has 0 aliphatic carbocycles. The van der Waals surface area contributed by atoms with Crippen LogP contribution in [0.5, 0.6) is 0 Å². The Kier molecular flexibility index (Phi) is 3.36. The molecule has 0 radical (unpaired) electrons. The van der Waals surface area contributed by atoms with E-state index in [1.807, 2.05) is 0 Å². The van der Waals surface area contributed by atoms with E-state index in [4.69, 9.17) is 4.55 Å². The van der Waals surface area contributed by atoms with Gasteiger partial charge in [-0.05, 0) is 12.1 Å². The van der Waals surface area contributed by atoms with E-state index in [0.29, 0.717) is 6.26 Å².